The first kappa shape index (κ1) is 15.8. The molecule has 22 heavy (non-hydrogen) atoms. The van der Waals surface area contributed by atoms with Gasteiger partial charge in [-0.05, 0) is 50.5 Å². The van der Waals surface area contributed by atoms with Crippen LogP contribution in [0.1, 0.15) is 48.7 Å². The van der Waals surface area contributed by atoms with Crippen LogP contribution in [0.3, 0.4) is 0 Å². The van der Waals surface area contributed by atoms with Crippen LogP contribution in [0.5, 0.6) is 0 Å². The molecular formula is C17H18N2O3. The third-order valence-electron chi connectivity index (χ3n) is 2.85. The van der Waals surface area contributed by atoms with Gasteiger partial charge in [0.15, 0.2) is 11.5 Å². The fourth-order valence-electron chi connectivity index (χ4n) is 1.72. The number of carbonyl (C=O) groups is 1. The van der Waals surface area contributed by atoms with Gasteiger partial charge in [0.1, 0.15) is 5.60 Å². The van der Waals surface area contributed by atoms with Crippen molar-refractivity contribution in [2.24, 2.45) is 0 Å². The lowest BCUT2D eigenvalue weighted by molar-refractivity contribution is 0.0911. The second kappa shape index (κ2) is 6.46. The van der Waals surface area contributed by atoms with Crippen molar-refractivity contribution in [3.05, 3.63) is 53.7 Å². The summed E-state index contributed by atoms with van der Waals surface area (Å²) in [6.45, 7) is 5.02. The lowest BCUT2D eigenvalue weighted by Gasteiger charge is -2.12. The summed E-state index contributed by atoms with van der Waals surface area (Å²) >= 11 is 0. The summed E-state index contributed by atoms with van der Waals surface area (Å²) in [7, 11) is 0. The first-order valence-corrected chi connectivity index (χ1v) is 6.91. The van der Waals surface area contributed by atoms with Crippen LogP contribution < -0.4 is 5.32 Å². The van der Waals surface area contributed by atoms with Crippen molar-refractivity contribution in [1.29, 1.82) is 0 Å². The van der Waals surface area contributed by atoms with Crippen molar-refractivity contribution < 1.29 is 14.3 Å². The van der Waals surface area contributed by atoms with Gasteiger partial charge < -0.3 is 14.8 Å². The minimum atomic E-state index is -1.11. The minimum absolute atomic E-state index is 0.177. The first-order valence-electron chi connectivity index (χ1n) is 6.91. The number of aromatic nitrogens is 1. The minimum Gasteiger partial charge on any atom is -0.443 e. The number of nitrogens with zero attached hydrogens (tertiary/aromatic N) is 1. The molecule has 2 heterocycles. The molecule has 5 nitrogen and oxygen atoms in total. The molecule has 1 amide bonds. The van der Waals surface area contributed by atoms with Crippen LogP contribution >= 0.6 is 0 Å². The number of nitrogens with one attached hydrogen (secondary N) is 1. The third kappa shape index (κ3) is 4.47. The molecule has 2 aromatic rings. The summed E-state index contributed by atoms with van der Waals surface area (Å²) in [6, 6.07) is 6.68. The summed E-state index contributed by atoms with van der Waals surface area (Å²) in [5.74, 6) is 5.50. The number of rotatable bonds is 3. The van der Waals surface area contributed by atoms with Crippen molar-refractivity contribution in [1.82, 2.24) is 10.3 Å². The Morgan fingerprint density at radius 1 is 1.41 bits per heavy atom. The van der Waals surface area contributed by atoms with E-state index in [1.165, 1.54) is 0 Å². The first-order chi connectivity index (χ1) is 10.3. The topological polar surface area (TPSA) is 75.4 Å². The lowest BCUT2D eigenvalue weighted by Crippen LogP contribution is -2.26. The van der Waals surface area contributed by atoms with Crippen molar-refractivity contribution in [2.45, 2.75) is 32.4 Å². The number of aliphatic hydroxyl groups is 1. The van der Waals surface area contributed by atoms with E-state index >= 15 is 0 Å². The summed E-state index contributed by atoms with van der Waals surface area (Å²) < 4.78 is 5.37. The van der Waals surface area contributed by atoms with Gasteiger partial charge in [0.05, 0.1) is 6.04 Å². The zero-order valence-corrected chi connectivity index (χ0v) is 12.8. The molecule has 5 heteroatoms. The Labute approximate surface area is 129 Å². The van der Waals surface area contributed by atoms with E-state index in [-0.39, 0.29) is 17.7 Å². The SMILES string of the molecule is C[C@@H](NC(=O)c1ccc(C#CC(C)(C)O)o1)c1cccnc1. The van der Waals surface area contributed by atoms with Crippen LogP contribution in [0.2, 0.25) is 0 Å². The van der Waals surface area contributed by atoms with E-state index in [0.717, 1.165) is 5.56 Å². The maximum atomic E-state index is 12.1. The van der Waals surface area contributed by atoms with Crippen LogP contribution in [0, 0.1) is 11.8 Å². The van der Waals surface area contributed by atoms with E-state index in [9.17, 15) is 9.90 Å². The van der Waals surface area contributed by atoms with Gasteiger partial charge in [-0.1, -0.05) is 12.0 Å². The summed E-state index contributed by atoms with van der Waals surface area (Å²) in [5.41, 5.74) is -0.200. The zero-order valence-electron chi connectivity index (χ0n) is 12.8. The lowest BCUT2D eigenvalue weighted by atomic mass is 10.1. The quantitative estimate of drug-likeness (QED) is 0.853. The predicted octanol–water partition coefficient (Wildman–Crippen LogP) is 2.29. The maximum Gasteiger partial charge on any atom is 0.287 e. The smallest absolute Gasteiger partial charge is 0.287 e. The Hall–Kier alpha value is -2.58. The van der Waals surface area contributed by atoms with Crippen molar-refractivity contribution in [3.63, 3.8) is 0 Å². The number of carbonyl (C=O) groups excluding carboxylic acids is 1. The van der Waals surface area contributed by atoms with Crippen molar-refractivity contribution in [3.8, 4) is 11.8 Å². The molecule has 0 bridgehead atoms. The second-order valence-corrected chi connectivity index (χ2v) is 5.45. The molecule has 0 aliphatic rings. The van der Waals surface area contributed by atoms with Gasteiger partial charge in [0.2, 0.25) is 0 Å². The monoisotopic (exact) mass is 298 g/mol. The molecule has 2 rings (SSSR count). The highest BCUT2D eigenvalue weighted by molar-refractivity contribution is 5.91. The van der Waals surface area contributed by atoms with Gasteiger partial charge in [-0.2, -0.15) is 0 Å². The number of hydrogen-bond donors (Lipinski definition) is 2. The molecule has 1 atom stereocenters. The molecule has 0 aliphatic heterocycles. The molecule has 0 spiro atoms. The van der Waals surface area contributed by atoms with Crippen molar-refractivity contribution in [2.75, 3.05) is 0 Å². The summed E-state index contributed by atoms with van der Waals surface area (Å²) in [6.07, 6.45) is 3.38. The van der Waals surface area contributed by atoms with Gasteiger partial charge in [-0.15, -0.1) is 0 Å². The Kier molecular flexibility index (Phi) is 4.64. The zero-order chi connectivity index (χ0) is 16.2. The number of pyridine rings is 1. The largest absolute Gasteiger partial charge is 0.443 e. The van der Waals surface area contributed by atoms with E-state index in [0.29, 0.717) is 5.76 Å². The number of amides is 1. The van der Waals surface area contributed by atoms with Crippen LogP contribution in [0.4, 0.5) is 0 Å². The van der Waals surface area contributed by atoms with Gasteiger partial charge in [0.25, 0.3) is 5.91 Å². The Balaban J connectivity index is 2.04. The fourth-order valence-corrected chi connectivity index (χ4v) is 1.72. The Morgan fingerprint density at radius 2 is 2.18 bits per heavy atom. The second-order valence-electron chi connectivity index (χ2n) is 5.45. The molecule has 0 radical (unpaired) electrons. The molecule has 0 aromatic carbocycles. The van der Waals surface area contributed by atoms with E-state index in [1.807, 2.05) is 19.1 Å². The van der Waals surface area contributed by atoms with Gasteiger partial charge >= 0.3 is 0 Å². The third-order valence-corrected chi connectivity index (χ3v) is 2.85. The molecule has 2 aromatic heterocycles. The Bertz CT molecular complexity index is 703. The van der Waals surface area contributed by atoms with E-state index in [1.54, 1.807) is 38.4 Å². The summed E-state index contributed by atoms with van der Waals surface area (Å²) in [4.78, 5) is 16.1. The Morgan fingerprint density at radius 3 is 2.82 bits per heavy atom. The van der Waals surface area contributed by atoms with Gasteiger partial charge in [-0.25, -0.2) is 0 Å². The molecule has 114 valence electrons. The predicted molar refractivity (Wildman–Crippen MR) is 82.0 cm³/mol. The van der Waals surface area contributed by atoms with Crippen LogP contribution in [0.25, 0.3) is 0 Å². The average Bonchev–Trinajstić information content (AvgIpc) is 2.94. The van der Waals surface area contributed by atoms with E-state index < -0.39 is 5.60 Å². The molecule has 0 aliphatic carbocycles. The molecule has 0 unspecified atom stereocenters. The molecular weight excluding hydrogens is 280 g/mol. The highest BCUT2D eigenvalue weighted by Crippen LogP contribution is 2.13. The van der Waals surface area contributed by atoms with Crippen LogP contribution in [0.15, 0.2) is 41.1 Å². The molecule has 0 fully saturated rings. The average molecular weight is 298 g/mol. The van der Waals surface area contributed by atoms with E-state index in [4.69, 9.17) is 4.42 Å². The maximum absolute atomic E-state index is 12.1. The molecule has 0 saturated heterocycles. The van der Waals surface area contributed by atoms with Gasteiger partial charge in [0, 0.05) is 12.4 Å². The summed E-state index contributed by atoms with van der Waals surface area (Å²) in [5, 5.41) is 12.4. The standard InChI is InChI=1S/C17H18N2O3/c1-12(13-5-4-10-18-11-13)19-16(20)15-7-6-14(22-15)8-9-17(2,3)21/h4-7,10-12,21H,1-3H3,(H,19,20)/t12-/m1/s1. The normalized spacial score (nSPS) is 12.2. The fraction of sp³-hybridized carbons (Fsp3) is 0.294. The highest BCUT2D eigenvalue weighted by atomic mass is 16.3. The van der Waals surface area contributed by atoms with Gasteiger partial charge in [-0.3, -0.25) is 9.78 Å². The molecule has 0 saturated carbocycles. The van der Waals surface area contributed by atoms with Crippen molar-refractivity contribution >= 4 is 5.91 Å². The van der Waals surface area contributed by atoms with E-state index in [2.05, 4.69) is 22.1 Å². The highest BCUT2D eigenvalue weighted by Gasteiger charge is 2.15. The van der Waals surface area contributed by atoms with Crippen LogP contribution in [-0.2, 0) is 0 Å². The number of hydrogen-bond acceptors (Lipinski definition) is 4. The molecule has 2 N–H and O–H groups in total. The van der Waals surface area contributed by atoms with Crippen LogP contribution in [-0.4, -0.2) is 21.6 Å². The number of furan rings is 1.